The second-order valence-electron chi connectivity index (χ2n) is 8.98. The highest BCUT2D eigenvalue weighted by Crippen LogP contribution is 2.38. The first-order chi connectivity index (χ1) is 17.8. The molecule has 2 aromatic heterocycles. The largest absolute Gasteiger partial charge is 0.481 e. The zero-order valence-corrected chi connectivity index (χ0v) is 22.0. The molecule has 0 amide bonds. The van der Waals surface area contributed by atoms with E-state index >= 15 is 0 Å². The maximum Gasteiger partial charge on any atom is 0.418 e. The number of unbranched alkanes of at least 4 members (excludes halogenated alkanes) is 1. The smallest absolute Gasteiger partial charge is 0.418 e. The van der Waals surface area contributed by atoms with Gasteiger partial charge in [0.2, 0.25) is 0 Å². The fraction of sp³-hybridized carbons (Fsp3) is 0.346. The summed E-state index contributed by atoms with van der Waals surface area (Å²) >= 11 is 0. The minimum atomic E-state index is -4.69. The fourth-order valence-corrected chi connectivity index (χ4v) is 4.85. The van der Waals surface area contributed by atoms with Crippen molar-refractivity contribution in [3.05, 3.63) is 65.7 Å². The van der Waals surface area contributed by atoms with Crippen molar-refractivity contribution in [2.75, 3.05) is 16.2 Å². The predicted octanol–water partition coefficient (Wildman–Crippen LogP) is 5.74. The second-order valence-corrected chi connectivity index (χ2v) is 10.6. The number of carboxylic acid groups (broad SMARTS) is 1. The molecule has 12 heteroatoms. The van der Waals surface area contributed by atoms with Crippen LogP contribution in [0, 0.1) is 6.92 Å². The molecular formula is C26H29F3N4O4S. The molecule has 3 aromatic rings. The fourth-order valence-electron chi connectivity index (χ4n) is 3.89. The van der Waals surface area contributed by atoms with Crippen LogP contribution in [0.1, 0.15) is 44.2 Å². The van der Waals surface area contributed by atoms with E-state index in [2.05, 4.69) is 14.7 Å². The van der Waals surface area contributed by atoms with E-state index < -0.39 is 27.7 Å². The zero-order valence-electron chi connectivity index (χ0n) is 21.2. The monoisotopic (exact) mass is 550 g/mol. The normalized spacial score (nSPS) is 12.0. The molecule has 0 saturated carbocycles. The van der Waals surface area contributed by atoms with Crippen LogP contribution in [0.2, 0.25) is 0 Å². The van der Waals surface area contributed by atoms with Crippen LogP contribution >= 0.6 is 0 Å². The van der Waals surface area contributed by atoms with Crippen molar-refractivity contribution in [2.45, 2.75) is 57.3 Å². The number of benzene rings is 1. The summed E-state index contributed by atoms with van der Waals surface area (Å²) in [4.78, 5) is 20.9. The Hall–Kier alpha value is -3.67. The molecule has 1 aromatic carbocycles. The third-order valence-corrected chi connectivity index (χ3v) is 7.04. The summed E-state index contributed by atoms with van der Waals surface area (Å²) in [6.07, 6.45) is -3.63. The minimum absolute atomic E-state index is 0.0301. The molecule has 2 heterocycles. The van der Waals surface area contributed by atoms with Crippen molar-refractivity contribution in [1.82, 2.24) is 9.97 Å². The molecule has 38 heavy (non-hydrogen) atoms. The summed E-state index contributed by atoms with van der Waals surface area (Å²) in [5.41, 5.74) is -0.580. The molecule has 0 aliphatic heterocycles. The Morgan fingerprint density at radius 2 is 1.74 bits per heavy atom. The molecular weight excluding hydrogens is 521 g/mol. The maximum atomic E-state index is 13.7. The Bertz CT molecular complexity index is 1400. The number of aliphatic carboxylic acids is 1. The lowest BCUT2D eigenvalue weighted by Gasteiger charge is -2.28. The van der Waals surface area contributed by atoms with Gasteiger partial charge in [-0.15, -0.1) is 0 Å². The van der Waals surface area contributed by atoms with Crippen LogP contribution < -0.4 is 9.62 Å². The van der Waals surface area contributed by atoms with Crippen LogP contribution in [0.3, 0.4) is 0 Å². The van der Waals surface area contributed by atoms with Crippen LogP contribution in [0.15, 0.2) is 59.6 Å². The molecule has 0 bridgehead atoms. The van der Waals surface area contributed by atoms with Gasteiger partial charge in [-0.3, -0.25) is 9.52 Å². The number of hydrogen-bond donors (Lipinski definition) is 2. The van der Waals surface area contributed by atoms with Crippen LogP contribution in [0.5, 0.6) is 0 Å². The Balaban J connectivity index is 1.92. The number of nitrogens with zero attached hydrogens (tertiary/aromatic N) is 3. The van der Waals surface area contributed by atoms with Crippen molar-refractivity contribution in [3.63, 3.8) is 0 Å². The van der Waals surface area contributed by atoms with Gasteiger partial charge in [0.15, 0.2) is 5.03 Å². The highest BCUT2D eigenvalue weighted by atomic mass is 32.2. The van der Waals surface area contributed by atoms with Crippen molar-refractivity contribution >= 4 is 27.6 Å². The van der Waals surface area contributed by atoms with Crippen molar-refractivity contribution in [3.8, 4) is 11.3 Å². The molecule has 8 nitrogen and oxygen atoms in total. The van der Waals surface area contributed by atoms with Gasteiger partial charge in [0.05, 0.1) is 11.3 Å². The molecule has 0 aliphatic carbocycles. The van der Waals surface area contributed by atoms with Crippen LogP contribution in [0.25, 0.3) is 11.3 Å². The van der Waals surface area contributed by atoms with Crippen LogP contribution in [0.4, 0.5) is 24.8 Å². The average Bonchev–Trinajstić information content (AvgIpc) is 2.83. The number of sulfonamides is 1. The molecule has 0 radical (unpaired) electrons. The first-order valence-electron chi connectivity index (χ1n) is 11.9. The first-order valence-corrected chi connectivity index (χ1v) is 13.4. The molecule has 0 unspecified atom stereocenters. The van der Waals surface area contributed by atoms with Gasteiger partial charge in [-0.2, -0.15) is 21.6 Å². The summed E-state index contributed by atoms with van der Waals surface area (Å²) in [5.74, 6) is -0.794. The van der Waals surface area contributed by atoms with E-state index in [4.69, 9.17) is 5.11 Å². The highest BCUT2D eigenvalue weighted by molar-refractivity contribution is 7.92. The zero-order chi connectivity index (χ0) is 28.1. The lowest BCUT2D eigenvalue weighted by atomic mass is 10.0. The van der Waals surface area contributed by atoms with E-state index in [1.165, 1.54) is 18.2 Å². The van der Waals surface area contributed by atoms with Gasteiger partial charge in [-0.1, -0.05) is 30.3 Å². The van der Waals surface area contributed by atoms with E-state index in [9.17, 15) is 26.4 Å². The topological polar surface area (TPSA) is 112 Å². The lowest BCUT2D eigenvalue weighted by Crippen LogP contribution is -2.33. The Kier molecular flexibility index (Phi) is 8.97. The average molecular weight is 551 g/mol. The summed E-state index contributed by atoms with van der Waals surface area (Å²) in [7, 11) is -4.30. The molecule has 0 aliphatic rings. The summed E-state index contributed by atoms with van der Waals surface area (Å²) in [5, 5.41) is 8.51. The molecule has 0 saturated heterocycles. The van der Waals surface area contributed by atoms with E-state index in [1.54, 1.807) is 31.2 Å². The van der Waals surface area contributed by atoms with Crippen molar-refractivity contribution in [1.29, 1.82) is 0 Å². The summed E-state index contributed by atoms with van der Waals surface area (Å²) in [6.45, 7) is 5.91. The van der Waals surface area contributed by atoms with Crippen LogP contribution in [-0.2, 0) is 21.0 Å². The molecule has 2 N–H and O–H groups in total. The van der Waals surface area contributed by atoms with Gasteiger partial charge >= 0.3 is 12.1 Å². The number of halogens is 3. The Labute approximate surface area is 219 Å². The van der Waals surface area contributed by atoms with Gasteiger partial charge in [-0.25, -0.2) is 9.97 Å². The summed E-state index contributed by atoms with van der Waals surface area (Å²) < 4.78 is 69.7. The quantitative estimate of drug-likeness (QED) is 0.293. The van der Waals surface area contributed by atoms with Gasteiger partial charge in [-0.05, 0) is 63.4 Å². The Morgan fingerprint density at radius 1 is 1.03 bits per heavy atom. The number of anilines is 2. The number of rotatable bonds is 11. The van der Waals surface area contributed by atoms with Gasteiger partial charge in [0.1, 0.15) is 11.6 Å². The predicted molar refractivity (Wildman–Crippen MR) is 138 cm³/mol. The molecule has 0 fully saturated rings. The Morgan fingerprint density at radius 3 is 2.37 bits per heavy atom. The third-order valence-electron chi connectivity index (χ3n) is 5.78. The number of hydrogen-bond acceptors (Lipinski definition) is 6. The van der Waals surface area contributed by atoms with E-state index in [0.717, 1.165) is 12.1 Å². The minimum Gasteiger partial charge on any atom is -0.481 e. The molecule has 204 valence electrons. The number of nitrogens with one attached hydrogen (secondary N) is 1. The second kappa shape index (κ2) is 11.8. The molecule has 0 atom stereocenters. The standard InChI is InChI=1S/C26H29F3N4O4S/c1-17(2)33(16-7-6-13-24(34)35)22-11-8-12-23(31-22)38(36,37)32-21-15-14-20(26(27,28)29)25(30-21)19-10-5-4-9-18(19)3/h4-5,8-12,14-15,17H,6-7,13,16H2,1-3H3,(H,30,32)(H,34,35). The number of aromatic nitrogens is 2. The summed E-state index contributed by atoms with van der Waals surface area (Å²) in [6, 6.07) is 12.6. The van der Waals surface area contributed by atoms with E-state index in [-0.39, 0.29) is 34.6 Å². The lowest BCUT2D eigenvalue weighted by molar-refractivity contribution is -0.138. The van der Waals surface area contributed by atoms with Crippen molar-refractivity contribution in [2.24, 2.45) is 0 Å². The number of carbonyl (C=O) groups is 1. The van der Waals surface area contributed by atoms with Gasteiger partial charge < -0.3 is 10.0 Å². The van der Waals surface area contributed by atoms with E-state index in [0.29, 0.717) is 30.8 Å². The molecule has 3 rings (SSSR count). The number of alkyl halides is 3. The number of pyridine rings is 2. The molecule has 0 spiro atoms. The van der Waals surface area contributed by atoms with Crippen LogP contribution in [-0.4, -0.2) is 42.0 Å². The number of carboxylic acids is 1. The first kappa shape index (κ1) is 28.9. The van der Waals surface area contributed by atoms with E-state index in [1.807, 2.05) is 18.7 Å². The SMILES string of the molecule is Cc1ccccc1-c1nc(NS(=O)(=O)c2cccc(N(CCCCC(=O)O)C(C)C)n2)ccc1C(F)(F)F. The third kappa shape index (κ3) is 7.21. The maximum absolute atomic E-state index is 13.7. The number of aryl methyl sites for hydroxylation is 1. The van der Waals surface area contributed by atoms with Gasteiger partial charge in [0, 0.05) is 24.6 Å². The van der Waals surface area contributed by atoms with Gasteiger partial charge in [0.25, 0.3) is 10.0 Å². The highest BCUT2D eigenvalue weighted by Gasteiger charge is 2.35. The van der Waals surface area contributed by atoms with Crippen molar-refractivity contribution < 1.29 is 31.5 Å².